The van der Waals surface area contributed by atoms with Gasteiger partial charge in [0.15, 0.2) is 5.82 Å². The van der Waals surface area contributed by atoms with Gasteiger partial charge in [0.1, 0.15) is 11.5 Å². The molecule has 1 aromatic heterocycles. The van der Waals surface area contributed by atoms with Crippen molar-refractivity contribution in [1.82, 2.24) is 14.9 Å². The molecule has 2 rings (SSSR count). The van der Waals surface area contributed by atoms with Gasteiger partial charge in [-0.2, -0.15) is 14.9 Å². The Bertz CT molecular complexity index is 675. The molecule has 7 heteroatoms. The number of hydrogen-bond donors (Lipinski definition) is 1. The summed E-state index contributed by atoms with van der Waals surface area (Å²) in [4.78, 5) is 0. The third-order valence-electron chi connectivity index (χ3n) is 2.79. The molecule has 0 aliphatic rings. The average molecular weight is 292 g/mol. The Morgan fingerprint density at radius 2 is 2.20 bits per heavy atom. The van der Waals surface area contributed by atoms with Crippen molar-refractivity contribution in [3.8, 4) is 11.5 Å². The minimum absolute atomic E-state index is 0.463. The normalized spacial score (nSPS) is 10.9. The Kier molecular flexibility index (Phi) is 4.52. The fraction of sp³-hybridized carbons (Fsp3) is 0.308. The molecule has 0 unspecified atom stereocenters. The van der Waals surface area contributed by atoms with Gasteiger partial charge in [0.25, 0.3) is 0 Å². The van der Waals surface area contributed by atoms with E-state index in [0.717, 1.165) is 23.6 Å². The van der Waals surface area contributed by atoms with E-state index in [4.69, 9.17) is 21.7 Å². The highest BCUT2D eigenvalue weighted by atomic mass is 32.1. The predicted molar refractivity (Wildman–Crippen MR) is 79.3 cm³/mol. The minimum atomic E-state index is 0.463. The van der Waals surface area contributed by atoms with E-state index in [0.29, 0.717) is 10.5 Å². The van der Waals surface area contributed by atoms with Crippen LogP contribution in [-0.2, 0) is 6.42 Å². The summed E-state index contributed by atoms with van der Waals surface area (Å²) in [6, 6.07) is 5.52. The second-order valence-electron chi connectivity index (χ2n) is 3.96. The smallest absolute Gasteiger partial charge is 0.216 e. The van der Waals surface area contributed by atoms with Crippen molar-refractivity contribution in [2.75, 3.05) is 14.2 Å². The Morgan fingerprint density at radius 3 is 2.85 bits per heavy atom. The molecule has 0 aliphatic heterocycles. The molecule has 1 heterocycles. The van der Waals surface area contributed by atoms with Gasteiger partial charge in [-0.25, -0.2) is 0 Å². The fourth-order valence-electron chi connectivity index (χ4n) is 1.72. The summed E-state index contributed by atoms with van der Waals surface area (Å²) < 4.78 is 12.5. The van der Waals surface area contributed by atoms with Crippen LogP contribution >= 0.6 is 12.2 Å². The molecule has 2 aromatic rings. The summed E-state index contributed by atoms with van der Waals surface area (Å²) in [5, 5.41) is 11.2. The molecule has 0 spiro atoms. The third kappa shape index (κ3) is 2.88. The number of aryl methyl sites for hydroxylation is 1. The van der Waals surface area contributed by atoms with Crippen LogP contribution in [0, 0.1) is 4.77 Å². The van der Waals surface area contributed by atoms with Gasteiger partial charge in [0.2, 0.25) is 4.77 Å². The van der Waals surface area contributed by atoms with Gasteiger partial charge in [0.05, 0.1) is 20.4 Å². The topological polar surface area (TPSA) is 64.4 Å². The molecule has 0 amide bonds. The van der Waals surface area contributed by atoms with Crippen molar-refractivity contribution in [3.63, 3.8) is 0 Å². The zero-order valence-electron chi connectivity index (χ0n) is 11.6. The number of rotatable bonds is 5. The molecule has 6 nitrogen and oxygen atoms in total. The molecule has 106 valence electrons. The molecule has 0 atom stereocenters. The van der Waals surface area contributed by atoms with Crippen molar-refractivity contribution >= 4 is 18.4 Å². The van der Waals surface area contributed by atoms with Gasteiger partial charge < -0.3 is 9.47 Å². The molecular weight excluding hydrogens is 276 g/mol. The van der Waals surface area contributed by atoms with Crippen LogP contribution in [-0.4, -0.2) is 35.3 Å². The fourth-order valence-corrected chi connectivity index (χ4v) is 1.92. The van der Waals surface area contributed by atoms with E-state index in [9.17, 15) is 0 Å². The molecule has 20 heavy (non-hydrogen) atoms. The first kappa shape index (κ1) is 14.3. The van der Waals surface area contributed by atoms with E-state index in [-0.39, 0.29) is 0 Å². The summed E-state index contributed by atoms with van der Waals surface area (Å²) >= 11 is 5.14. The van der Waals surface area contributed by atoms with Gasteiger partial charge in [-0.3, -0.25) is 5.10 Å². The number of H-pyrrole nitrogens is 1. The van der Waals surface area contributed by atoms with Crippen molar-refractivity contribution in [2.24, 2.45) is 5.10 Å². The lowest BCUT2D eigenvalue weighted by Crippen LogP contribution is -1.98. The van der Waals surface area contributed by atoms with Crippen molar-refractivity contribution in [2.45, 2.75) is 13.3 Å². The molecule has 1 N–H and O–H groups in total. The first-order valence-electron chi connectivity index (χ1n) is 6.12. The molecule has 0 saturated heterocycles. The molecule has 0 aliphatic carbocycles. The maximum atomic E-state index is 5.31. The Balaban J connectivity index is 2.36. The van der Waals surface area contributed by atoms with Crippen molar-refractivity contribution in [3.05, 3.63) is 34.4 Å². The highest BCUT2D eigenvalue weighted by Crippen LogP contribution is 2.23. The molecular formula is C13H16N4O2S. The molecule has 0 bridgehead atoms. The van der Waals surface area contributed by atoms with Gasteiger partial charge in [-0.15, -0.1) is 0 Å². The van der Waals surface area contributed by atoms with Gasteiger partial charge in [-0.1, -0.05) is 6.92 Å². The lowest BCUT2D eigenvalue weighted by Gasteiger charge is -2.06. The van der Waals surface area contributed by atoms with Crippen molar-refractivity contribution < 1.29 is 9.47 Å². The van der Waals surface area contributed by atoms with Gasteiger partial charge in [0, 0.05) is 18.1 Å². The molecule has 1 aromatic carbocycles. The summed E-state index contributed by atoms with van der Waals surface area (Å²) in [7, 11) is 3.22. The molecule has 0 saturated carbocycles. The van der Waals surface area contributed by atoms with Crippen LogP contribution in [0.3, 0.4) is 0 Å². The summed E-state index contributed by atoms with van der Waals surface area (Å²) in [5.41, 5.74) is 0.832. The van der Waals surface area contributed by atoms with Crippen LogP contribution in [0.5, 0.6) is 11.5 Å². The number of methoxy groups -OCH3 is 2. The van der Waals surface area contributed by atoms with E-state index >= 15 is 0 Å². The Hall–Kier alpha value is -2.15. The van der Waals surface area contributed by atoms with E-state index in [1.165, 1.54) is 0 Å². The van der Waals surface area contributed by atoms with Crippen LogP contribution in [0.1, 0.15) is 18.3 Å². The summed E-state index contributed by atoms with van der Waals surface area (Å²) in [5.74, 6) is 2.19. The summed E-state index contributed by atoms with van der Waals surface area (Å²) in [6.07, 6.45) is 2.42. The SMILES string of the molecule is CCc1n[nH]c(=S)n1N=Cc1ccc(OC)cc1OC. The quantitative estimate of drug-likeness (QED) is 0.679. The maximum absolute atomic E-state index is 5.31. The lowest BCUT2D eigenvalue weighted by atomic mass is 10.2. The Labute approximate surface area is 122 Å². The second-order valence-corrected chi connectivity index (χ2v) is 4.35. The second kappa shape index (κ2) is 6.33. The number of ether oxygens (including phenoxy) is 2. The number of nitrogens with one attached hydrogen (secondary N) is 1. The van der Waals surface area contributed by atoms with Crippen LogP contribution in [0.2, 0.25) is 0 Å². The minimum Gasteiger partial charge on any atom is -0.497 e. The number of aromatic nitrogens is 3. The Morgan fingerprint density at radius 1 is 1.40 bits per heavy atom. The highest BCUT2D eigenvalue weighted by molar-refractivity contribution is 7.71. The zero-order valence-corrected chi connectivity index (χ0v) is 12.4. The van der Waals surface area contributed by atoms with Gasteiger partial charge >= 0.3 is 0 Å². The third-order valence-corrected chi connectivity index (χ3v) is 3.05. The van der Waals surface area contributed by atoms with Crippen LogP contribution < -0.4 is 9.47 Å². The maximum Gasteiger partial charge on any atom is 0.216 e. The van der Waals surface area contributed by atoms with Crippen LogP contribution in [0.15, 0.2) is 23.3 Å². The van der Waals surface area contributed by atoms with E-state index in [1.54, 1.807) is 31.2 Å². The van der Waals surface area contributed by atoms with E-state index in [2.05, 4.69) is 15.3 Å². The number of nitrogens with zero attached hydrogens (tertiary/aromatic N) is 3. The van der Waals surface area contributed by atoms with Crippen molar-refractivity contribution in [1.29, 1.82) is 0 Å². The van der Waals surface area contributed by atoms with Crippen LogP contribution in [0.4, 0.5) is 0 Å². The largest absolute Gasteiger partial charge is 0.497 e. The monoisotopic (exact) mass is 292 g/mol. The molecule has 0 radical (unpaired) electrons. The predicted octanol–water partition coefficient (Wildman–Crippen LogP) is 2.40. The van der Waals surface area contributed by atoms with E-state index in [1.807, 2.05) is 19.1 Å². The number of benzene rings is 1. The van der Waals surface area contributed by atoms with Gasteiger partial charge in [-0.05, 0) is 24.4 Å². The average Bonchev–Trinajstić information content (AvgIpc) is 2.85. The lowest BCUT2D eigenvalue weighted by molar-refractivity contribution is 0.394. The highest BCUT2D eigenvalue weighted by Gasteiger charge is 2.04. The summed E-state index contributed by atoms with van der Waals surface area (Å²) in [6.45, 7) is 1.99. The van der Waals surface area contributed by atoms with E-state index < -0.39 is 0 Å². The first-order chi connectivity index (χ1) is 9.69. The molecule has 0 fully saturated rings. The number of hydrogen-bond acceptors (Lipinski definition) is 5. The zero-order chi connectivity index (χ0) is 14.5. The first-order valence-corrected chi connectivity index (χ1v) is 6.53. The number of aromatic amines is 1. The standard InChI is InChI=1S/C13H16N4O2S/c1-4-12-15-16-13(20)17(12)14-8-9-5-6-10(18-2)7-11(9)19-3/h5-8H,4H2,1-3H3,(H,16,20). The van der Waals surface area contributed by atoms with Crippen LogP contribution in [0.25, 0.3) is 0 Å².